The zero-order valence-electron chi connectivity index (χ0n) is 12.0. The van der Waals surface area contributed by atoms with Gasteiger partial charge in [0.2, 0.25) is 0 Å². The fourth-order valence-electron chi connectivity index (χ4n) is 1.22. The molecular weight excluding hydrogens is 262 g/mol. The van der Waals surface area contributed by atoms with E-state index in [1.165, 1.54) is 21.2 Å². The third-order valence-corrected chi connectivity index (χ3v) is 3.40. The molecule has 0 aliphatic heterocycles. The van der Waals surface area contributed by atoms with Crippen molar-refractivity contribution in [1.82, 2.24) is 0 Å². The van der Waals surface area contributed by atoms with Crippen LogP contribution >= 0.6 is 15.9 Å². The highest BCUT2D eigenvalue weighted by Gasteiger charge is 2.09. The first kappa shape index (κ1) is 18.0. The van der Waals surface area contributed by atoms with E-state index in [0.29, 0.717) is 0 Å². The quantitative estimate of drug-likeness (QED) is 0.479. The van der Waals surface area contributed by atoms with Crippen LogP contribution in [0.15, 0.2) is 26.2 Å². The van der Waals surface area contributed by atoms with Gasteiger partial charge in [0.1, 0.15) is 0 Å². The van der Waals surface area contributed by atoms with Gasteiger partial charge < -0.3 is 0 Å². The van der Waals surface area contributed by atoms with Gasteiger partial charge in [0.05, 0.1) is 0 Å². The molecule has 0 aromatic rings. The summed E-state index contributed by atoms with van der Waals surface area (Å²) in [5.74, 6) is 0. The van der Waals surface area contributed by atoms with Gasteiger partial charge in [0, 0.05) is 22.8 Å². The minimum Gasteiger partial charge on any atom is -0.293 e. The zero-order chi connectivity index (χ0) is 13.3. The molecule has 0 amide bonds. The number of hydrogen-bond acceptors (Lipinski definition) is 1. The maximum absolute atomic E-state index is 4.24. The first-order valence-corrected chi connectivity index (χ1v) is 6.71. The lowest BCUT2D eigenvalue weighted by Gasteiger charge is -2.11. The van der Waals surface area contributed by atoms with Gasteiger partial charge in [-0.15, -0.1) is 0 Å². The lowest BCUT2D eigenvalue weighted by Crippen LogP contribution is -2.01. The highest BCUT2D eigenvalue weighted by Crippen LogP contribution is 2.27. The van der Waals surface area contributed by atoms with Crippen molar-refractivity contribution in [2.45, 2.75) is 54.9 Å². The van der Waals surface area contributed by atoms with Gasteiger partial charge in [0.25, 0.3) is 0 Å². The van der Waals surface area contributed by atoms with Gasteiger partial charge in [-0.05, 0) is 34.1 Å². The van der Waals surface area contributed by atoms with Crippen LogP contribution in [0.2, 0.25) is 0 Å². The molecule has 0 spiro atoms. The predicted octanol–water partition coefficient (Wildman–Crippen LogP) is 5.52. The number of rotatable bonds is 3. The molecule has 0 fully saturated rings. The molecule has 0 aromatic heterocycles. The maximum Gasteiger partial charge on any atom is 0.0396 e. The molecule has 0 bridgehead atoms. The Morgan fingerprint density at radius 1 is 1.06 bits per heavy atom. The standard InChI is InChI=1S/C12H20BrN.C2H6/c1-7-9(4)12(13)11(8(2)3)10(5)14-6;1-2/h7H2,1-6H3;1-2H3/b12-9-,14-10?;. The molecule has 0 unspecified atom stereocenters. The van der Waals surface area contributed by atoms with Gasteiger partial charge in [-0.1, -0.05) is 47.8 Å². The second-order valence-electron chi connectivity index (χ2n) is 3.63. The average molecular weight is 288 g/mol. The topological polar surface area (TPSA) is 12.4 Å². The molecule has 0 saturated heterocycles. The van der Waals surface area contributed by atoms with Gasteiger partial charge >= 0.3 is 0 Å². The van der Waals surface area contributed by atoms with Crippen LogP contribution in [0.3, 0.4) is 0 Å². The Morgan fingerprint density at radius 2 is 1.50 bits per heavy atom. The smallest absolute Gasteiger partial charge is 0.0396 e. The molecule has 0 radical (unpaired) electrons. The lowest BCUT2D eigenvalue weighted by atomic mass is 10.0. The summed E-state index contributed by atoms with van der Waals surface area (Å²) in [6.07, 6.45) is 1.06. The molecule has 0 heterocycles. The molecule has 0 saturated carbocycles. The lowest BCUT2D eigenvalue weighted by molar-refractivity contribution is 1.09. The van der Waals surface area contributed by atoms with Gasteiger partial charge in [-0.3, -0.25) is 4.99 Å². The van der Waals surface area contributed by atoms with E-state index in [2.05, 4.69) is 48.6 Å². The molecule has 0 aliphatic rings. The molecule has 0 N–H and O–H groups in total. The normalized spacial score (nSPS) is 12.4. The molecule has 1 nitrogen and oxygen atoms in total. The van der Waals surface area contributed by atoms with E-state index in [9.17, 15) is 0 Å². The zero-order valence-corrected chi connectivity index (χ0v) is 13.6. The van der Waals surface area contributed by atoms with E-state index in [0.717, 1.165) is 12.1 Å². The SMILES string of the molecule is CC.CC/C(C)=C(\Br)C(C(C)=NC)=C(C)C. The van der Waals surface area contributed by atoms with Crippen molar-refractivity contribution in [2.75, 3.05) is 7.05 Å². The summed E-state index contributed by atoms with van der Waals surface area (Å²) < 4.78 is 1.20. The number of aliphatic imine (C=N–C) groups is 1. The summed E-state index contributed by atoms with van der Waals surface area (Å²) in [4.78, 5) is 4.24. The van der Waals surface area contributed by atoms with Crippen LogP contribution in [0.25, 0.3) is 0 Å². The largest absolute Gasteiger partial charge is 0.293 e. The Bertz CT molecular complexity index is 292. The Labute approximate surface area is 110 Å². The summed E-state index contributed by atoms with van der Waals surface area (Å²) in [5.41, 5.74) is 4.99. The van der Waals surface area contributed by atoms with Crippen LogP contribution in [0.4, 0.5) is 0 Å². The molecular formula is C14H26BrN. The van der Waals surface area contributed by atoms with Crippen molar-refractivity contribution >= 4 is 21.6 Å². The molecule has 0 atom stereocenters. The Balaban J connectivity index is 0. The Morgan fingerprint density at radius 3 is 1.75 bits per heavy atom. The van der Waals surface area contributed by atoms with E-state index < -0.39 is 0 Å². The van der Waals surface area contributed by atoms with E-state index in [1.807, 2.05) is 27.8 Å². The fourth-order valence-corrected chi connectivity index (χ4v) is 2.18. The summed E-state index contributed by atoms with van der Waals surface area (Å²) in [5, 5.41) is 0. The number of allylic oxidation sites excluding steroid dienone is 4. The molecule has 94 valence electrons. The van der Waals surface area contributed by atoms with Crippen molar-refractivity contribution in [2.24, 2.45) is 4.99 Å². The number of nitrogens with zero attached hydrogens (tertiary/aromatic N) is 1. The first-order chi connectivity index (χ1) is 7.45. The van der Waals surface area contributed by atoms with E-state index >= 15 is 0 Å². The van der Waals surface area contributed by atoms with Crippen molar-refractivity contribution in [1.29, 1.82) is 0 Å². The highest BCUT2D eigenvalue weighted by molar-refractivity contribution is 9.12. The van der Waals surface area contributed by atoms with Crippen molar-refractivity contribution in [3.05, 3.63) is 21.2 Å². The van der Waals surface area contributed by atoms with Crippen molar-refractivity contribution in [3.63, 3.8) is 0 Å². The first-order valence-electron chi connectivity index (χ1n) is 5.92. The second kappa shape index (κ2) is 9.83. The monoisotopic (exact) mass is 287 g/mol. The van der Waals surface area contributed by atoms with E-state index in [4.69, 9.17) is 0 Å². The minimum absolute atomic E-state index is 1.06. The van der Waals surface area contributed by atoms with Crippen LogP contribution in [0.1, 0.15) is 54.9 Å². The van der Waals surface area contributed by atoms with Gasteiger partial charge in [-0.25, -0.2) is 0 Å². The Hall–Kier alpha value is -0.370. The van der Waals surface area contributed by atoms with Crippen LogP contribution < -0.4 is 0 Å². The predicted molar refractivity (Wildman–Crippen MR) is 80.7 cm³/mol. The third kappa shape index (κ3) is 5.64. The summed E-state index contributed by atoms with van der Waals surface area (Å²) in [6.45, 7) is 14.6. The summed E-state index contributed by atoms with van der Waals surface area (Å²) in [6, 6.07) is 0. The minimum atomic E-state index is 1.06. The molecule has 0 rings (SSSR count). The number of hydrogen-bond donors (Lipinski definition) is 0. The second-order valence-corrected chi connectivity index (χ2v) is 4.42. The number of halogens is 1. The average Bonchev–Trinajstić information content (AvgIpc) is 2.29. The maximum atomic E-state index is 4.24. The van der Waals surface area contributed by atoms with Gasteiger partial charge in [-0.2, -0.15) is 0 Å². The summed E-state index contributed by atoms with van der Waals surface area (Å²) >= 11 is 3.65. The molecule has 16 heavy (non-hydrogen) atoms. The fraction of sp³-hybridized carbons (Fsp3) is 0.643. The third-order valence-electron chi connectivity index (χ3n) is 2.32. The van der Waals surface area contributed by atoms with Crippen LogP contribution in [0, 0.1) is 0 Å². The Kier molecular flexibility index (Phi) is 11.1. The summed E-state index contributed by atoms with van der Waals surface area (Å²) in [7, 11) is 1.83. The van der Waals surface area contributed by atoms with E-state index in [-0.39, 0.29) is 0 Å². The molecule has 0 aromatic carbocycles. The molecule has 2 heteroatoms. The van der Waals surface area contributed by atoms with Crippen molar-refractivity contribution < 1.29 is 0 Å². The van der Waals surface area contributed by atoms with Gasteiger partial charge in [0.15, 0.2) is 0 Å². The van der Waals surface area contributed by atoms with E-state index in [1.54, 1.807) is 0 Å². The highest BCUT2D eigenvalue weighted by atomic mass is 79.9. The molecule has 0 aliphatic carbocycles. The van der Waals surface area contributed by atoms with Crippen LogP contribution in [-0.2, 0) is 0 Å². The van der Waals surface area contributed by atoms with Crippen LogP contribution in [-0.4, -0.2) is 12.8 Å². The van der Waals surface area contributed by atoms with Crippen LogP contribution in [0.5, 0.6) is 0 Å². The van der Waals surface area contributed by atoms with Crippen molar-refractivity contribution in [3.8, 4) is 0 Å².